The van der Waals surface area contributed by atoms with Gasteiger partial charge in [0.2, 0.25) is 5.91 Å². The second-order valence-corrected chi connectivity index (χ2v) is 8.92. The molecule has 0 saturated carbocycles. The Morgan fingerprint density at radius 1 is 1.37 bits per heavy atom. The molecule has 2 N–H and O–H groups in total. The Morgan fingerprint density at radius 3 is 2.80 bits per heavy atom. The number of fused-ring (bicyclic) bond motifs is 1. The second-order valence-electron chi connectivity index (χ2n) is 6.57. The highest BCUT2D eigenvalue weighted by Gasteiger charge is 2.51. The van der Waals surface area contributed by atoms with Gasteiger partial charge in [-0.3, -0.25) is 9.69 Å². The molecule has 3 heterocycles. The van der Waals surface area contributed by atoms with Gasteiger partial charge in [-0.2, -0.15) is 0 Å². The average Bonchev–Trinajstić information content (AvgIpc) is 3.19. The molecule has 1 aromatic heterocycles. The SMILES string of the molecule is COc1ccc(COC(=O)C2=C(C=Cc3scnc3Cl)CS[C@@H]3C(N)C(=O)N23)cc1. The van der Waals surface area contributed by atoms with Crippen molar-refractivity contribution < 1.29 is 19.1 Å². The summed E-state index contributed by atoms with van der Waals surface area (Å²) in [6, 6.07) is 6.61. The number of rotatable bonds is 6. The number of hydrogen-bond acceptors (Lipinski definition) is 8. The third-order valence-electron chi connectivity index (χ3n) is 4.75. The third-order valence-corrected chi connectivity index (χ3v) is 7.28. The molecule has 2 atom stereocenters. The maximum Gasteiger partial charge on any atom is 0.355 e. The summed E-state index contributed by atoms with van der Waals surface area (Å²) >= 11 is 8.95. The lowest BCUT2D eigenvalue weighted by atomic mass is 10.0. The summed E-state index contributed by atoms with van der Waals surface area (Å²) < 4.78 is 10.6. The molecule has 0 spiro atoms. The Kier molecular flexibility index (Phi) is 6.14. The number of β-lactam (4-membered cyclic amide) rings is 1. The fourth-order valence-electron chi connectivity index (χ4n) is 3.12. The van der Waals surface area contributed by atoms with Gasteiger partial charge in [0.1, 0.15) is 34.6 Å². The molecule has 1 unspecified atom stereocenters. The first kappa shape index (κ1) is 20.9. The predicted octanol–water partition coefficient (Wildman–Crippen LogP) is 3.06. The lowest BCUT2D eigenvalue weighted by Gasteiger charge is -2.48. The van der Waals surface area contributed by atoms with Crippen molar-refractivity contribution in [2.75, 3.05) is 12.9 Å². The molecule has 2 aromatic rings. The largest absolute Gasteiger partial charge is 0.497 e. The molecule has 10 heteroatoms. The number of hydrogen-bond donors (Lipinski definition) is 1. The van der Waals surface area contributed by atoms with E-state index in [2.05, 4.69) is 4.98 Å². The summed E-state index contributed by atoms with van der Waals surface area (Å²) in [5.41, 5.74) is 9.28. The van der Waals surface area contributed by atoms with Crippen LogP contribution in [0.4, 0.5) is 0 Å². The maximum absolute atomic E-state index is 13.0. The Morgan fingerprint density at radius 2 is 2.13 bits per heavy atom. The summed E-state index contributed by atoms with van der Waals surface area (Å²) in [5, 5.41) is 0.133. The number of methoxy groups -OCH3 is 1. The summed E-state index contributed by atoms with van der Waals surface area (Å²) in [4.78, 5) is 31.5. The van der Waals surface area contributed by atoms with Gasteiger partial charge in [-0.1, -0.05) is 29.8 Å². The van der Waals surface area contributed by atoms with E-state index in [4.69, 9.17) is 26.8 Å². The standard InChI is InChI=1S/C20H18ClN3O4S2/c1-27-13-5-2-11(3-6-13)8-28-20(26)16-12(4-7-14-17(21)23-10-30-14)9-29-19-15(22)18(25)24(16)19/h2-7,10,15,19H,8-9,22H2,1H3/t15?,19-/m1/s1. The number of allylic oxidation sites excluding steroid dienone is 1. The highest BCUT2D eigenvalue weighted by atomic mass is 35.5. The fourth-order valence-corrected chi connectivity index (χ4v) is 5.26. The predicted molar refractivity (Wildman–Crippen MR) is 117 cm³/mol. The van der Waals surface area contributed by atoms with Gasteiger partial charge >= 0.3 is 5.97 Å². The van der Waals surface area contributed by atoms with E-state index in [0.29, 0.717) is 22.2 Å². The molecule has 0 bridgehead atoms. The van der Waals surface area contributed by atoms with E-state index in [1.165, 1.54) is 28.0 Å². The molecular formula is C20H18ClN3O4S2. The zero-order valence-corrected chi connectivity index (χ0v) is 18.3. The van der Waals surface area contributed by atoms with E-state index >= 15 is 0 Å². The zero-order chi connectivity index (χ0) is 21.3. The van der Waals surface area contributed by atoms with Crippen molar-refractivity contribution in [2.24, 2.45) is 5.73 Å². The van der Waals surface area contributed by atoms with Crippen LogP contribution in [-0.4, -0.2) is 46.0 Å². The van der Waals surface area contributed by atoms with Gasteiger partial charge in [0.05, 0.1) is 17.5 Å². The van der Waals surface area contributed by atoms with Gasteiger partial charge in [-0.15, -0.1) is 23.1 Å². The van der Waals surface area contributed by atoms with Crippen LogP contribution in [0.1, 0.15) is 10.4 Å². The van der Waals surface area contributed by atoms with Gasteiger partial charge < -0.3 is 15.2 Å². The van der Waals surface area contributed by atoms with E-state index < -0.39 is 12.0 Å². The Hall–Kier alpha value is -2.33. The van der Waals surface area contributed by atoms with E-state index in [1.807, 2.05) is 12.1 Å². The monoisotopic (exact) mass is 463 g/mol. The minimum atomic E-state index is -0.610. The van der Waals surface area contributed by atoms with Crippen LogP contribution in [-0.2, 0) is 20.9 Å². The summed E-state index contributed by atoms with van der Waals surface area (Å²) in [7, 11) is 1.59. The van der Waals surface area contributed by atoms with E-state index in [9.17, 15) is 9.59 Å². The molecule has 2 aliphatic heterocycles. The quantitative estimate of drug-likeness (QED) is 0.519. The minimum Gasteiger partial charge on any atom is -0.497 e. The number of thiazole rings is 1. The third kappa shape index (κ3) is 3.98. The molecular weight excluding hydrogens is 446 g/mol. The highest BCUT2D eigenvalue weighted by Crippen LogP contribution is 2.40. The minimum absolute atomic E-state index is 0.0793. The van der Waals surface area contributed by atoms with Crippen molar-refractivity contribution in [3.05, 3.63) is 62.7 Å². The molecule has 30 heavy (non-hydrogen) atoms. The van der Waals surface area contributed by atoms with Crippen molar-refractivity contribution in [1.82, 2.24) is 9.88 Å². The van der Waals surface area contributed by atoms with E-state index in [1.54, 1.807) is 36.9 Å². The van der Waals surface area contributed by atoms with Gasteiger partial charge in [0, 0.05) is 5.75 Å². The number of carbonyl (C=O) groups excluding carboxylic acids is 2. The number of aromatic nitrogens is 1. The number of carbonyl (C=O) groups is 2. The number of benzene rings is 1. The number of ether oxygens (including phenoxy) is 2. The number of amides is 1. The molecule has 0 radical (unpaired) electrons. The van der Waals surface area contributed by atoms with Gasteiger partial charge in [-0.05, 0) is 29.3 Å². The van der Waals surface area contributed by atoms with Crippen LogP contribution in [0.3, 0.4) is 0 Å². The van der Waals surface area contributed by atoms with Crippen molar-refractivity contribution in [2.45, 2.75) is 18.0 Å². The second kappa shape index (κ2) is 8.81. The number of nitrogens with zero attached hydrogens (tertiary/aromatic N) is 2. The lowest BCUT2D eigenvalue weighted by molar-refractivity contribution is -0.151. The Bertz CT molecular complexity index is 1030. The van der Waals surface area contributed by atoms with Crippen LogP contribution in [0.2, 0.25) is 5.15 Å². The molecule has 0 aliphatic carbocycles. The molecule has 7 nitrogen and oxygen atoms in total. The summed E-state index contributed by atoms with van der Waals surface area (Å²) in [6.07, 6.45) is 3.57. The molecule has 1 saturated heterocycles. The summed E-state index contributed by atoms with van der Waals surface area (Å²) in [5.74, 6) is 0.396. The van der Waals surface area contributed by atoms with Crippen molar-refractivity contribution in [3.8, 4) is 5.75 Å². The number of nitrogens with two attached hydrogens (primary N) is 1. The van der Waals surface area contributed by atoms with Crippen LogP contribution in [0.15, 0.2) is 47.1 Å². The molecule has 2 aliphatic rings. The normalized spacial score (nSPS) is 20.9. The number of thioether (sulfide) groups is 1. The van der Waals surface area contributed by atoms with Crippen molar-refractivity contribution in [3.63, 3.8) is 0 Å². The first-order chi connectivity index (χ1) is 14.5. The Labute approximate surface area is 186 Å². The zero-order valence-electron chi connectivity index (χ0n) is 15.9. The smallest absolute Gasteiger partial charge is 0.355 e. The van der Waals surface area contributed by atoms with Crippen LogP contribution in [0, 0.1) is 0 Å². The highest BCUT2D eigenvalue weighted by molar-refractivity contribution is 8.00. The molecule has 4 rings (SSSR count). The maximum atomic E-state index is 13.0. The van der Waals surface area contributed by atoms with Gasteiger partial charge in [0.15, 0.2) is 0 Å². The first-order valence-electron chi connectivity index (χ1n) is 9.00. The number of esters is 1. The van der Waals surface area contributed by atoms with Crippen LogP contribution >= 0.6 is 34.7 Å². The topological polar surface area (TPSA) is 94.7 Å². The average molecular weight is 464 g/mol. The fraction of sp³-hybridized carbons (Fsp3) is 0.250. The first-order valence-corrected chi connectivity index (χ1v) is 11.3. The van der Waals surface area contributed by atoms with Crippen LogP contribution in [0.25, 0.3) is 6.08 Å². The molecule has 156 valence electrons. The van der Waals surface area contributed by atoms with Crippen molar-refractivity contribution in [1.29, 1.82) is 0 Å². The molecule has 1 aromatic carbocycles. The lowest BCUT2D eigenvalue weighted by Crippen LogP contribution is -2.68. The van der Waals surface area contributed by atoms with Crippen molar-refractivity contribution >= 4 is 52.7 Å². The van der Waals surface area contributed by atoms with E-state index in [0.717, 1.165) is 10.4 Å². The van der Waals surface area contributed by atoms with Gasteiger partial charge in [-0.25, -0.2) is 9.78 Å². The van der Waals surface area contributed by atoms with Gasteiger partial charge in [0.25, 0.3) is 0 Å². The molecule has 1 amide bonds. The Balaban J connectivity index is 1.57. The van der Waals surface area contributed by atoms with Crippen LogP contribution < -0.4 is 10.5 Å². The van der Waals surface area contributed by atoms with Crippen LogP contribution in [0.5, 0.6) is 5.75 Å². The summed E-state index contributed by atoms with van der Waals surface area (Å²) in [6.45, 7) is 0.0793. The molecule has 1 fully saturated rings. The number of halogens is 1. The van der Waals surface area contributed by atoms with E-state index in [-0.39, 0.29) is 23.6 Å².